The summed E-state index contributed by atoms with van der Waals surface area (Å²) in [7, 11) is 1.63. The molecule has 1 aromatic carbocycles. The Morgan fingerprint density at radius 2 is 2.14 bits per heavy atom. The lowest BCUT2D eigenvalue weighted by molar-refractivity contribution is 0.0940. The molecule has 116 valence electrons. The van der Waals surface area contributed by atoms with E-state index in [1.165, 1.54) is 24.2 Å². The number of nitrogen functional groups attached to an aromatic ring is 1. The third-order valence-corrected chi connectivity index (χ3v) is 4.93. The van der Waals surface area contributed by atoms with Crippen molar-refractivity contribution in [3.05, 3.63) is 35.2 Å². The summed E-state index contributed by atoms with van der Waals surface area (Å²) < 4.78 is 5.26. The van der Waals surface area contributed by atoms with E-state index in [4.69, 9.17) is 10.5 Å². The molecule has 1 saturated carbocycles. The lowest BCUT2D eigenvalue weighted by Crippen LogP contribution is -2.33. The molecule has 0 radical (unpaired) electrons. The van der Waals surface area contributed by atoms with Crippen LogP contribution in [0.4, 0.5) is 5.00 Å². The van der Waals surface area contributed by atoms with Crippen molar-refractivity contribution >= 4 is 22.2 Å². The van der Waals surface area contributed by atoms with Gasteiger partial charge in [0.05, 0.1) is 17.7 Å². The SMILES string of the molecule is COc1cccc(-c2csc(N)c2C(=O)NC2CCCC2)c1. The zero-order chi connectivity index (χ0) is 15.5. The molecular weight excluding hydrogens is 296 g/mol. The maximum Gasteiger partial charge on any atom is 0.255 e. The van der Waals surface area contributed by atoms with Crippen LogP contribution >= 0.6 is 11.3 Å². The molecule has 3 rings (SSSR count). The average Bonchev–Trinajstić information content (AvgIpc) is 3.16. The minimum Gasteiger partial charge on any atom is -0.497 e. The van der Waals surface area contributed by atoms with Crippen molar-refractivity contribution in [2.45, 2.75) is 31.7 Å². The van der Waals surface area contributed by atoms with Crippen LogP contribution in [-0.4, -0.2) is 19.1 Å². The zero-order valence-electron chi connectivity index (χ0n) is 12.6. The van der Waals surface area contributed by atoms with E-state index in [9.17, 15) is 4.79 Å². The van der Waals surface area contributed by atoms with Gasteiger partial charge in [-0.3, -0.25) is 4.79 Å². The van der Waals surface area contributed by atoms with E-state index in [0.29, 0.717) is 10.6 Å². The van der Waals surface area contributed by atoms with Gasteiger partial charge in [0.2, 0.25) is 0 Å². The van der Waals surface area contributed by atoms with Crippen molar-refractivity contribution in [2.75, 3.05) is 12.8 Å². The minimum atomic E-state index is -0.0662. The van der Waals surface area contributed by atoms with Crippen LogP contribution in [0.25, 0.3) is 11.1 Å². The molecule has 1 heterocycles. The number of nitrogens with two attached hydrogens (primary N) is 1. The average molecular weight is 316 g/mol. The number of thiophene rings is 1. The molecule has 1 aromatic heterocycles. The molecule has 0 aliphatic heterocycles. The topological polar surface area (TPSA) is 64.3 Å². The zero-order valence-corrected chi connectivity index (χ0v) is 13.4. The molecule has 1 aliphatic carbocycles. The Kier molecular flexibility index (Phi) is 4.34. The second-order valence-corrected chi connectivity index (χ2v) is 6.49. The third-order valence-electron chi connectivity index (χ3n) is 4.12. The first kappa shape index (κ1) is 14.9. The molecule has 5 heteroatoms. The number of ether oxygens (including phenoxy) is 1. The van der Waals surface area contributed by atoms with Gasteiger partial charge in [-0.15, -0.1) is 11.3 Å². The number of amides is 1. The minimum absolute atomic E-state index is 0.0662. The summed E-state index contributed by atoms with van der Waals surface area (Å²) in [6.45, 7) is 0. The third kappa shape index (κ3) is 2.95. The maximum atomic E-state index is 12.6. The molecule has 0 saturated heterocycles. The molecule has 4 nitrogen and oxygen atoms in total. The van der Waals surface area contributed by atoms with E-state index in [-0.39, 0.29) is 11.9 Å². The fourth-order valence-corrected chi connectivity index (χ4v) is 3.76. The van der Waals surface area contributed by atoms with Crippen LogP contribution in [0.5, 0.6) is 5.75 Å². The summed E-state index contributed by atoms with van der Waals surface area (Å²) in [6.07, 6.45) is 4.49. The molecule has 2 aromatic rings. The molecule has 0 unspecified atom stereocenters. The van der Waals surface area contributed by atoms with Gasteiger partial charge in [-0.05, 0) is 30.5 Å². The molecule has 0 bridgehead atoms. The van der Waals surface area contributed by atoms with Crippen LogP contribution in [0.2, 0.25) is 0 Å². The van der Waals surface area contributed by atoms with Gasteiger partial charge in [0.1, 0.15) is 5.75 Å². The van der Waals surface area contributed by atoms with Crippen molar-refractivity contribution < 1.29 is 9.53 Å². The van der Waals surface area contributed by atoms with E-state index < -0.39 is 0 Å². The van der Waals surface area contributed by atoms with Gasteiger partial charge in [0.15, 0.2) is 0 Å². The fourth-order valence-electron chi connectivity index (χ4n) is 2.94. The van der Waals surface area contributed by atoms with Crippen LogP contribution in [0.1, 0.15) is 36.0 Å². The summed E-state index contributed by atoms with van der Waals surface area (Å²) in [5.74, 6) is 0.702. The Morgan fingerprint density at radius 3 is 2.86 bits per heavy atom. The summed E-state index contributed by atoms with van der Waals surface area (Å²) in [5, 5.41) is 5.62. The summed E-state index contributed by atoms with van der Waals surface area (Å²) >= 11 is 1.40. The highest BCUT2D eigenvalue weighted by atomic mass is 32.1. The van der Waals surface area contributed by atoms with Crippen molar-refractivity contribution in [2.24, 2.45) is 0 Å². The number of hydrogen-bond acceptors (Lipinski definition) is 4. The smallest absolute Gasteiger partial charge is 0.255 e. The number of hydrogen-bond donors (Lipinski definition) is 2. The molecule has 1 aliphatic rings. The number of methoxy groups -OCH3 is 1. The number of anilines is 1. The van der Waals surface area contributed by atoms with Crippen LogP contribution < -0.4 is 15.8 Å². The summed E-state index contributed by atoms with van der Waals surface area (Å²) in [4.78, 5) is 12.6. The first-order chi connectivity index (χ1) is 10.7. The van der Waals surface area contributed by atoms with E-state index in [1.54, 1.807) is 7.11 Å². The van der Waals surface area contributed by atoms with Gasteiger partial charge in [0.25, 0.3) is 5.91 Å². The Morgan fingerprint density at radius 1 is 1.36 bits per heavy atom. The number of carbonyl (C=O) groups excluding carboxylic acids is 1. The molecule has 1 fully saturated rings. The Labute approximate surface area is 134 Å². The van der Waals surface area contributed by atoms with Crippen molar-refractivity contribution in [3.63, 3.8) is 0 Å². The van der Waals surface area contributed by atoms with Gasteiger partial charge in [-0.1, -0.05) is 25.0 Å². The highest BCUT2D eigenvalue weighted by Crippen LogP contribution is 2.35. The normalized spacial score (nSPS) is 15.0. The van der Waals surface area contributed by atoms with Crippen molar-refractivity contribution in [1.82, 2.24) is 5.32 Å². The predicted octanol–water partition coefficient (Wildman–Crippen LogP) is 3.68. The molecular formula is C17H20N2O2S. The largest absolute Gasteiger partial charge is 0.497 e. The molecule has 22 heavy (non-hydrogen) atoms. The summed E-state index contributed by atoms with van der Waals surface area (Å²) in [6, 6.07) is 7.98. The van der Waals surface area contributed by atoms with Crippen LogP contribution in [0, 0.1) is 0 Å². The van der Waals surface area contributed by atoms with E-state index in [1.807, 2.05) is 29.6 Å². The number of benzene rings is 1. The Hall–Kier alpha value is -2.01. The monoisotopic (exact) mass is 316 g/mol. The van der Waals surface area contributed by atoms with Crippen molar-refractivity contribution in [1.29, 1.82) is 0 Å². The predicted molar refractivity (Wildman–Crippen MR) is 90.4 cm³/mol. The van der Waals surface area contributed by atoms with Gasteiger partial charge in [-0.25, -0.2) is 0 Å². The van der Waals surface area contributed by atoms with E-state index in [2.05, 4.69) is 5.32 Å². The van der Waals surface area contributed by atoms with Gasteiger partial charge in [0, 0.05) is 17.0 Å². The first-order valence-electron chi connectivity index (χ1n) is 7.51. The van der Waals surface area contributed by atoms with Crippen LogP contribution in [0.15, 0.2) is 29.6 Å². The standard InChI is InChI=1S/C17H20N2O2S/c1-21-13-8-4-5-11(9-13)14-10-22-16(18)15(14)17(20)19-12-6-2-3-7-12/h4-5,8-10,12H,2-3,6-7,18H2,1H3,(H,19,20). The number of nitrogens with one attached hydrogen (secondary N) is 1. The quantitative estimate of drug-likeness (QED) is 0.904. The van der Waals surface area contributed by atoms with E-state index >= 15 is 0 Å². The van der Waals surface area contributed by atoms with Crippen LogP contribution in [-0.2, 0) is 0 Å². The first-order valence-corrected chi connectivity index (χ1v) is 8.39. The summed E-state index contributed by atoms with van der Waals surface area (Å²) in [5.41, 5.74) is 8.46. The van der Waals surface area contributed by atoms with Gasteiger partial charge in [-0.2, -0.15) is 0 Å². The second-order valence-electron chi connectivity index (χ2n) is 5.58. The van der Waals surface area contributed by atoms with Crippen molar-refractivity contribution in [3.8, 4) is 16.9 Å². The highest BCUT2D eigenvalue weighted by molar-refractivity contribution is 7.15. The number of rotatable bonds is 4. The van der Waals surface area contributed by atoms with E-state index in [0.717, 1.165) is 29.7 Å². The maximum absolute atomic E-state index is 12.6. The second kappa shape index (κ2) is 6.40. The molecule has 0 atom stereocenters. The fraction of sp³-hybridized carbons (Fsp3) is 0.353. The lowest BCUT2D eigenvalue weighted by atomic mass is 10.0. The number of carbonyl (C=O) groups is 1. The lowest BCUT2D eigenvalue weighted by Gasteiger charge is -2.13. The Bertz CT molecular complexity index is 675. The molecule has 3 N–H and O–H groups in total. The van der Waals surface area contributed by atoms with Gasteiger partial charge >= 0.3 is 0 Å². The highest BCUT2D eigenvalue weighted by Gasteiger charge is 2.23. The molecule has 0 spiro atoms. The Balaban J connectivity index is 1.91. The van der Waals surface area contributed by atoms with Crippen LogP contribution in [0.3, 0.4) is 0 Å². The van der Waals surface area contributed by atoms with Gasteiger partial charge < -0.3 is 15.8 Å². The molecule has 1 amide bonds.